The number of aryl methyl sites for hydroxylation is 2. The third kappa shape index (κ3) is 4.29. The van der Waals surface area contributed by atoms with E-state index >= 15 is 0 Å². The number of ether oxygens (including phenoxy) is 1. The van der Waals surface area contributed by atoms with Crippen molar-refractivity contribution in [2.24, 2.45) is 0 Å². The molecule has 22 heavy (non-hydrogen) atoms. The SMILES string of the molecule is COCCN1CCC[C@H]1CNS(=O)(=O)c1ccc(C)cc1C. The van der Waals surface area contributed by atoms with Crippen LogP contribution in [0.25, 0.3) is 0 Å². The van der Waals surface area contributed by atoms with Gasteiger partial charge in [0.15, 0.2) is 0 Å². The minimum Gasteiger partial charge on any atom is -0.383 e. The molecule has 5 nitrogen and oxygen atoms in total. The lowest BCUT2D eigenvalue weighted by atomic mass is 10.2. The molecule has 1 atom stereocenters. The van der Waals surface area contributed by atoms with E-state index in [1.165, 1.54) is 0 Å². The van der Waals surface area contributed by atoms with Gasteiger partial charge in [-0.15, -0.1) is 0 Å². The van der Waals surface area contributed by atoms with Gasteiger partial charge >= 0.3 is 0 Å². The molecule has 6 heteroatoms. The van der Waals surface area contributed by atoms with Gasteiger partial charge in [-0.3, -0.25) is 4.90 Å². The summed E-state index contributed by atoms with van der Waals surface area (Å²) in [5.41, 5.74) is 1.85. The number of nitrogens with zero attached hydrogens (tertiary/aromatic N) is 1. The standard InChI is InChI=1S/C16H26N2O3S/c1-13-6-7-16(14(2)11-13)22(19,20)17-12-15-5-4-8-18(15)9-10-21-3/h6-7,11,15,17H,4-5,8-10,12H2,1-3H3/t15-/m0/s1. The number of likely N-dealkylation sites (tertiary alicyclic amines) is 1. The summed E-state index contributed by atoms with van der Waals surface area (Å²) in [6.45, 7) is 6.80. The van der Waals surface area contributed by atoms with Crippen molar-refractivity contribution < 1.29 is 13.2 Å². The summed E-state index contributed by atoms with van der Waals surface area (Å²) in [7, 11) is -1.76. The summed E-state index contributed by atoms with van der Waals surface area (Å²) >= 11 is 0. The van der Waals surface area contributed by atoms with Crippen molar-refractivity contribution in [1.29, 1.82) is 0 Å². The fourth-order valence-corrected chi connectivity index (χ4v) is 4.31. The Hall–Kier alpha value is -0.950. The maximum atomic E-state index is 12.5. The molecule has 0 amide bonds. The van der Waals surface area contributed by atoms with Crippen LogP contribution in [0.1, 0.15) is 24.0 Å². The van der Waals surface area contributed by atoms with Gasteiger partial charge in [0.25, 0.3) is 0 Å². The maximum Gasteiger partial charge on any atom is 0.240 e. The molecule has 1 aliphatic rings. The minimum atomic E-state index is -3.45. The molecule has 0 spiro atoms. The van der Waals surface area contributed by atoms with Crippen molar-refractivity contribution in [3.63, 3.8) is 0 Å². The van der Waals surface area contributed by atoms with Crippen LogP contribution < -0.4 is 4.72 Å². The van der Waals surface area contributed by atoms with Crippen LogP contribution in [0.5, 0.6) is 0 Å². The summed E-state index contributed by atoms with van der Waals surface area (Å²) in [5.74, 6) is 0. The van der Waals surface area contributed by atoms with E-state index in [1.54, 1.807) is 13.2 Å². The van der Waals surface area contributed by atoms with Crippen molar-refractivity contribution in [3.8, 4) is 0 Å². The predicted molar refractivity (Wildman–Crippen MR) is 87.6 cm³/mol. The Morgan fingerprint density at radius 1 is 1.36 bits per heavy atom. The van der Waals surface area contributed by atoms with Crippen molar-refractivity contribution in [2.45, 2.75) is 37.6 Å². The molecule has 1 aromatic rings. The lowest BCUT2D eigenvalue weighted by Gasteiger charge is -2.24. The lowest BCUT2D eigenvalue weighted by Crippen LogP contribution is -2.41. The molecule has 1 aromatic carbocycles. The molecular formula is C16H26N2O3S. The number of nitrogens with one attached hydrogen (secondary N) is 1. The number of rotatable bonds is 7. The first-order valence-corrected chi connectivity index (χ1v) is 9.22. The zero-order valence-corrected chi connectivity index (χ0v) is 14.4. The highest BCUT2D eigenvalue weighted by Gasteiger charge is 2.26. The summed E-state index contributed by atoms with van der Waals surface area (Å²) < 4.78 is 32.9. The third-order valence-electron chi connectivity index (χ3n) is 4.21. The highest BCUT2D eigenvalue weighted by Crippen LogP contribution is 2.19. The molecule has 1 saturated heterocycles. The molecule has 0 radical (unpaired) electrons. The van der Waals surface area contributed by atoms with Crippen LogP contribution in [0, 0.1) is 13.8 Å². The molecule has 0 bridgehead atoms. The molecule has 1 heterocycles. The molecule has 1 fully saturated rings. The van der Waals surface area contributed by atoms with E-state index in [0.29, 0.717) is 18.0 Å². The van der Waals surface area contributed by atoms with Crippen molar-refractivity contribution in [1.82, 2.24) is 9.62 Å². The highest BCUT2D eigenvalue weighted by atomic mass is 32.2. The van der Waals surface area contributed by atoms with Crippen molar-refractivity contribution in [3.05, 3.63) is 29.3 Å². The number of benzene rings is 1. The minimum absolute atomic E-state index is 0.260. The lowest BCUT2D eigenvalue weighted by molar-refractivity contribution is 0.141. The Bertz CT molecular complexity index is 601. The van der Waals surface area contributed by atoms with Crippen LogP contribution in [0.15, 0.2) is 23.1 Å². The van der Waals surface area contributed by atoms with Gasteiger partial charge in [-0.05, 0) is 44.9 Å². The first-order chi connectivity index (χ1) is 10.4. The van der Waals surface area contributed by atoms with Gasteiger partial charge in [0.05, 0.1) is 11.5 Å². The van der Waals surface area contributed by atoms with Gasteiger partial charge < -0.3 is 4.74 Å². The second-order valence-electron chi connectivity index (χ2n) is 5.95. The van der Waals surface area contributed by atoms with Gasteiger partial charge in [-0.1, -0.05) is 17.7 Å². The van der Waals surface area contributed by atoms with E-state index in [9.17, 15) is 8.42 Å². The molecule has 0 aromatic heterocycles. The number of sulfonamides is 1. The van der Waals surface area contributed by atoms with Crippen molar-refractivity contribution >= 4 is 10.0 Å². The van der Waals surface area contributed by atoms with E-state index in [0.717, 1.165) is 37.1 Å². The van der Waals surface area contributed by atoms with E-state index in [2.05, 4.69) is 9.62 Å². The molecule has 0 unspecified atom stereocenters. The molecule has 1 aliphatic heterocycles. The quantitative estimate of drug-likeness (QED) is 0.828. The smallest absolute Gasteiger partial charge is 0.240 e. The molecule has 1 N–H and O–H groups in total. The molecule has 0 aliphatic carbocycles. The largest absolute Gasteiger partial charge is 0.383 e. The number of methoxy groups -OCH3 is 1. The van der Waals surface area contributed by atoms with Crippen LogP contribution in [0.4, 0.5) is 0 Å². The zero-order chi connectivity index (χ0) is 16.2. The van der Waals surface area contributed by atoms with Gasteiger partial charge in [0, 0.05) is 26.2 Å². The number of hydrogen-bond acceptors (Lipinski definition) is 4. The maximum absolute atomic E-state index is 12.5. The fraction of sp³-hybridized carbons (Fsp3) is 0.625. The van der Waals surface area contributed by atoms with E-state index < -0.39 is 10.0 Å². The van der Waals surface area contributed by atoms with Gasteiger partial charge in [0.2, 0.25) is 10.0 Å². The van der Waals surface area contributed by atoms with Crippen LogP contribution >= 0.6 is 0 Å². The Balaban J connectivity index is 2.00. The average Bonchev–Trinajstić information content (AvgIpc) is 2.90. The zero-order valence-electron chi connectivity index (χ0n) is 13.6. The predicted octanol–water partition coefficient (Wildman–Crippen LogP) is 1.69. The summed E-state index contributed by atoms with van der Waals surface area (Å²) in [5, 5.41) is 0. The van der Waals surface area contributed by atoms with E-state index in [-0.39, 0.29) is 6.04 Å². The van der Waals surface area contributed by atoms with Gasteiger partial charge in [0.1, 0.15) is 0 Å². The Labute approximate surface area is 133 Å². The second kappa shape index (κ2) is 7.55. The van der Waals surface area contributed by atoms with Crippen LogP contribution in [0.2, 0.25) is 0 Å². The third-order valence-corrected chi connectivity index (χ3v) is 5.79. The van der Waals surface area contributed by atoms with Crippen molar-refractivity contribution in [2.75, 3.05) is 33.4 Å². The second-order valence-corrected chi connectivity index (χ2v) is 7.68. The van der Waals surface area contributed by atoms with E-state index in [4.69, 9.17) is 4.74 Å². The normalized spacial score (nSPS) is 19.7. The Kier molecular flexibility index (Phi) is 5.97. The van der Waals surface area contributed by atoms with Crippen LogP contribution in [-0.2, 0) is 14.8 Å². The summed E-state index contributed by atoms with van der Waals surface area (Å²) in [6, 6.07) is 5.68. The summed E-state index contributed by atoms with van der Waals surface area (Å²) in [4.78, 5) is 2.67. The monoisotopic (exact) mass is 326 g/mol. The summed E-state index contributed by atoms with van der Waals surface area (Å²) in [6.07, 6.45) is 2.14. The Morgan fingerprint density at radius 3 is 2.82 bits per heavy atom. The topological polar surface area (TPSA) is 58.6 Å². The number of hydrogen-bond donors (Lipinski definition) is 1. The molecule has 124 valence electrons. The first-order valence-electron chi connectivity index (χ1n) is 7.74. The molecular weight excluding hydrogens is 300 g/mol. The van der Waals surface area contributed by atoms with Gasteiger partial charge in [-0.25, -0.2) is 13.1 Å². The first kappa shape index (κ1) is 17.4. The van der Waals surface area contributed by atoms with Gasteiger partial charge in [-0.2, -0.15) is 0 Å². The van der Waals surface area contributed by atoms with E-state index in [1.807, 2.05) is 26.0 Å². The Morgan fingerprint density at radius 2 is 2.14 bits per heavy atom. The van der Waals surface area contributed by atoms with Crippen LogP contribution in [-0.4, -0.2) is 52.7 Å². The fourth-order valence-electron chi connectivity index (χ4n) is 3.01. The highest BCUT2D eigenvalue weighted by molar-refractivity contribution is 7.89. The average molecular weight is 326 g/mol. The molecule has 0 saturated carbocycles. The van der Waals surface area contributed by atoms with Crippen LogP contribution in [0.3, 0.4) is 0 Å². The molecule has 2 rings (SSSR count).